The van der Waals surface area contributed by atoms with E-state index in [0.29, 0.717) is 81.1 Å². The minimum atomic E-state index is -0.392. The summed E-state index contributed by atoms with van der Waals surface area (Å²) in [4.78, 5) is 86.0. The van der Waals surface area contributed by atoms with E-state index in [1.54, 1.807) is 68.4 Å². The number of thiazole rings is 3. The summed E-state index contributed by atoms with van der Waals surface area (Å²) >= 11 is 21.4. The first-order chi connectivity index (χ1) is 42.4. The summed E-state index contributed by atoms with van der Waals surface area (Å²) in [6.07, 6.45) is 12.1. The zero-order valence-electron chi connectivity index (χ0n) is 48.2. The standard InChI is InChI=1S/C22H24N8O2S.C12H15N3O3.C10H10ClN5OS.C5HCl2N3S.C5H10N2O/c1-12-7-14(8-16(32-3)13(12)2)29-9-17(24-10-29)26-22-27-20(18-21(28-22)33-11-25-18)30-6-4-5-15(30)19(23)31;1-16-9-4-8(15-6-11(13)14-7-15)5-10(17-2)12(9)18-3;11-10-14-8(6-9(15-10)18-4-13-6)16-3-1-2-5(16)7(12)17;6-3-2-4(11-1-8-2)10-5(7)9-3;6-5(8)4-2-1-3-7-4/h7-11,15H,4-6H2,1-3H3,(H2,23,31)(H,26,27,28);4-7H,13H2,1-3H3;4-5H,1-3H2,(H2,12,17);1H;4,7H,1-3H2,(H2,6,8)/t15-;;5-;;4-/m0.0.0/s1. The van der Waals surface area contributed by atoms with E-state index in [-0.39, 0.29) is 40.4 Å². The van der Waals surface area contributed by atoms with Crippen molar-refractivity contribution in [3.63, 3.8) is 0 Å². The monoisotopic (exact) mass is 1320 g/mol. The highest BCUT2D eigenvalue weighted by Crippen LogP contribution is 2.40. The molecule has 3 amide bonds. The highest BCUT2D eigenvalue weighted by atomic mass is 35.5. The smallest absolute Gasteiger partial charge is 0.240 e. The van der Waals surface area contributed by atoms with Gasteiger partial charge in [-0.15, -0.1) is 34.0 Å². The number of benzene rings is 2. The van der Waals surface area contributed by atoms with Crippen LogP contribution in [0.2, 0.25) is 15.7 Å². The Bertz CT molecular complexity index is 4080. The molecule has 88 heavy (non-hydrogen) atoms. The summed E-state index contributed by atoms with van der Waals surface area (Å²) in [5, 5.41) is 6.80. The number of rotatable bonds is 13. The van der Waals surface area contributed by atoms with E-state index < -0.39 is 6.04 Å². The van der Waals surface area contributed by atoms with Crippen LogP contribution < -0.4 is 62.3 Å². The van der Waals surface area contributed by atoms with Gasteiger partial charge in [0.15, 0.2) is 43.8 Å². The molecule has 462 valence electrons. The van der Waals surface area contributed by atoms with Crippen LogP contribution in [-0.4, -0.2) is 148 Å². The van der Waals surface area contributed by atoms with Gasteiger partial charge in [0.05, 0.1) is 74.8 Å². The van der Waals surface area contributed by atoms with Crippen LogP contribution in [0.25, 0.3) is 42.4 Å². The van der Waals surface area contributed by atoms with Crippen LogP contribution in [0.15, 0.2) is 65.8 Å². The molecule has 2 aromatic carbocycles. The second-order valence-corrected chi connectivity index (χ2v) is 23.1. The lowest BCUT2D eigenvalue weighted by atomic mass is 10.1. The maximum absolute atomic E-state index is 11.9. The molecule has 10 N–H and O–H groups in total. The molecule has 0 radical (unpaired) electrons. The maximum atomic E-state index is 11.9. The average molecular weight is 1320 g/mol. The molecule has 0 bridgehead atoms. The molecular weight excluding hydrogens is 1260 g/mol. The van der Waals surface area contributed by atoms with E-state index >= 15 is 0 Å². The van der Waals surface area contributed by atoms with E-state index in [1.807, 2.05) is 45.7 Å². The van der Waals surface area contributed by atoms with E-state index in [0.717, 1.165) is 87.9 Å². The molecule has 13 rings (SSSR count). The number of anilines is 5. The van der Waals surface area contributed by atoms with Crippen molar-refractivity contribution in [2.75, 3.05) is 68.9 Å². The number of nitrogens with one attached hydrogen (secondary N) is 2. The number of carbonyl (C=O) groups is 3. The van der Waals surface area contributed by atoms with Crippen molar-refractivity contribution >= 4 is 147 Å². The Hall–Kier alpha value is -8.59. The number of carbonyl (C=O) groups excluding carboxylic acids is 3. The predicted molar refractivity (Wildman–Crippen MR) is 341 cm³/mol. The number of hydrogen-bond acceptors (Lipinski definition) is 26. The predicted octanol–water partition coefficient (Wildman–Crippen LogP) is 7.39. The Morgan fingerprint density at radius 2 is 1.12 bits per heavy atom. The zero-order valence-corrected chi connectivity index (χ0v) is 52.9. The minimum Gasteiger partial charge on any atom is -0.496 e. The molecule has 3 saturated heterocycles. The van der Waals surface area contributed by atoms with E-state index in [9.17, 15) is 14.4 Å². The van der Waals surface area contributed by atoms with Crippen LogP contribution >= 0.6 is 68.8 Å². The molecule has 34 heteroatoms. The van der Waals surface area contributed by atoms with Crippen LogP contribution in [0.1, 0.15) is 49.7 Å². The van der Waals surface area contributed by atoms with Crippen LogP contribution in [0.5, 0.6) is 23.0 Å². The van der Waals surface area contributed by atoms with Gasteiger partial charge in [-0.3, -0.25) is 14.4 Å². The van der Waals surface area contributed by atoms with Gasteiger partial charge in [0.25, 0.3) is 0 Å². The Kier molecular flexibility index (Phi) is 21.0. The quantitative estimate of drug-likeness (QED) is 0.0484. The van der Waals surface area contributed by atoms with E-state index in [1.165, 1.54) is 34.0 Å². The number of nitrogens with two attached hydrogens (primary N) is 4. The van der Waals surface area contributed by atoms with Crippen LogP contribution in [0.3, 0.4) is 0 Å². The largest absolute Gasteiger partial charge is 0.496 e. The van der Waals surface area contributed by atoms with Gasteiger partial charge < -0.3 is 71.4 Å². The zero-order chi connectivity index (χ0) is 62.8. The number of aryl methyl sites for hydroxylation is 1. The number of nitrogen functional groups attached to an aromatic ring is 1. The molecule has 0 aliphatic carbocycles. The summed E-state index contributed by atoms with van der Waals surface area (Å²) in [5.74, 6) is 4.27. The summed E-state index contributed by atoms with van der Waals surface area (Å²) in [6.45, 7) is 6.45. The van der Waals surface area contributed by atoms with Crippen molar-refractivity contribution in [1.29, 1.82) is 0 Å². The fourth-order valence-electron chi connectivity index (χ4n) is 9.70. The number of methoxy groups -OCH3 is 4. The molecular formula is C54H60Cl3N21O7S3. The second-order valence-electron chi connectivity index (χ2n) is 19.5. The first-order valence-corrected chi connectivity index (χ1v) is 30.7. The van der Waals surface area contributed by atoms with Crippen LogP contribution in [-0.2, 0) is 14.4 Å². The third-order valence-electron chi connectivity index (χ3n) is 14.1. The molecule has 10 aromatic rings. The molecule has 3 aliphatic rings. The number of nitrogens with zero attached hydrogens (tertiary/aromatic N) is 15. The fraction of sp³-hybridized carbons (Fsp3) is 0.333. The van der Waals surface area contributed by atoms with Crippen molar-refractivity contribution in [3.8, 4) is 34.4 Å². The third-order valence-corrected chi connectivity index (χ3v) is 16.8. The number of hydrogen-bond donors (Lipinski definition) is 6. The highest BCUT2D eigenvalue weighted by Gasteiger charge is 2.34. The number of primary amides is 3. The van der Waals surface area contributed by atoms with Gasteiger partial charge in [0.1, 0.15) is 57.7 Å². The minimum absolute atomic E-state index is 0.0463. The molecule has 0 saturated carbocycles. The van der Waals surface area contributed by atoms with Gasteiger partial charge in [-0.05, 0) is 99.3 Å². The molecule has 8 aromatic heterocycles. The normalized spacial score (nSPS) is 15.9. The second kappa shape index (κ2) is 28.9. The van der Waals surface area contributed by atoms with Crippen molar-refractivity contribution in [1.82, 2.24) is 69.3 Å². The van der Waals surface area contributed by atoms with Crippen molar-refractivity contribution in [3.05, 3.63) is 92.7 Å². The Morgan fingerprint density at radius 1 is 0.602 bits per heavy atom. The molecule has 3 atom stereocenters. The third kappa shape index (κ3) is 14.9. The van der Waals surface area contributed by atoms with Gasteiger partial charge in [-0.25, -0.2) is 39.9 Å². The number of fused-ring (bicyclic) bond motifs is 3. The lowest BCUT2D eigenvalue weighted by Gasteiger charge is -2.23. The molecule has 11 heterocycles. The molecule has 3 aliphatic heterocycles. The van der Waals surface area contributed by atoms with Gasteiger partial charge >= 0.3 is 0 Å². The van der Waals surface area contributed by atoms with Crippen molar-refractivity contribution in [2.24, 2.45) is 17.2 Å². The number of amides is 3. The fourth-order valence-corrected chi connectivity index (χ4v) is 12.4. The number of aromatic nitrogens is 13. The lowest BCUT2D eigenvalue weighted by molar-refractivity contribution is -0.120. The first-order valence-electron chi connectivity index (χ1n) is 26.9. The van der Waals surface area contributed by atoms with E-state index in [4.69, 9.17) is 76.7 Å². The van der Waals surface area contributed by atoms with E-state index in [2.05, 4.69) is 78.4 Å². The Labute approximate surface area is 529 Å². The van der Waals surface area contributed by atoms with Gasteiger partial charge in [-0.2, -0.15) is 15.0 Å². The van der Waals surface area contributed by atoms with Crippen molar-refractivity contribution in [2.45, 2.75) is 70.5 Å². The van der Waals surface area contributed by atoms with Gasteiger partial charge in [0.2, 0.25) is 40.0 Å². The lowest BCUT2D eigenvalue weighted by Crippen LogP contribution is -2.41. The van der Waals surface area contributed by atoms with Crippen LogP contribution in [0, 0.1) is 13.8 Å². The van der Waals surface area contributed by atoms with Gasteiger partial charge in [-0.1, -0.05) is 11.6 Å². The first kappa shape index (κ1) is 63.9. The van der Waals surface area contributed by atoms with Gasteiger partial charge in [0, 0.05) is 31.3 Å². The summed E-state index contributed by atoms with van der Waals surface area (Å²) in [5.41, 5.74) is 32.7. The summed E-state index contributed by atoms with van der Waals surface area (Å²) in [7, 11) is 6.38. The topological polar surface area (TPSA) is 374 Å². The maximum Gasteiger partial charge on any atom is 0.240 e. The number of ether oxygens (including phenoxy) is 4. The number of imidazole rings is 2. The SMILES string of the molecule is COc1cc(-n2cnc(N)c2)cc(OC)c1OC.COc1cc(-n2cnc(Nc3nc(N4CCC[C@H]4C(N)=O)c4ncsc4n3)c2)cc(C)c1C.Clc1nc(Cl)c2ncsc2n1.NC(=O)[C@@H]1CCCN1.NC(=O)[C@@H]1CCCN1c1nc(Cl)nc2scnc12. The summed E-state index contributed by atoms with van der Waals surface area (Å²) < 4.78 is 25.0. The number of halogens is 3. The van der Waals surface area contributed by atoms with Crippen molar-refractivity contribution < 1.29 is 33.3 Å². The van der Waals surface area contributed by atoms with Crippen LogP contribution in [0.4, 0.5) is 29.2 Å². The summed E-state index contributed by atoms with van der Waals surface area (Å²) in [6, 6.07) is 6.93. The Balaban J connectivity index is 0.000000143. The molecule has 3 fully saturated rings. The Morgan fingerprint density at radius 3 is 1.65 bits per heavy atom. The molecule has 28 nitrogen and oxygen atoms in total. The molecule has 0 spiro atoms. The average Bonchev–Trinajstić information content (AvgIpc) is 4.01. The molecule has 0 unspecified atom stereocenters. The highest BCUT2D eigenvalue weighted by molar-refractivity contribution is 7.17.